The van der Waals surface area contributed by atoms with Crippen molar-refractivity contribution in [3.05, 3.63) is 29.8 Å². The van der Waals surface area contributed by atoms with Crippen LogP contribution in [0.25, 0.3) is 0 Å². The molecule has 3 N–H and O–H groups in total. The number of benzene rings is 1. The van der Waals surface area contributed by atoms with Gasteiger partial charge in [-0.3, -0.25) is 4.79 Å². The summed E-state index contributed by atoms with van der Waals surface area (Å²) in [4.78, 5) is 10.7. The lowest BCUT2D eigenvalue weighted by Gasteiger charge is -2.38. The number of amides is 1. The van der Waals surface area contributed by atoms with Crippen LogP contribution in [-0.2, 0) is 16.0 Å². The van der Waals surface area contributed by atoms with Gasteiger partial charge in [0.2, 0.25) is 5.91 Å². The van der Waals surface area contributed by atoms with Crippen LogP contribution in [0.4, 0.5) is 5.69 Å². The number of hydrogen-bond donors (Lipinski definition) is 2. The van der Waals surface area contributed by atoms with Crippen molar-refractivity contribution in [1.82, 2.24) is 0 Å². The number of carbonyl (C=O) groups is 1. The molecular formula is C13H18N2O2. The van der Waals surface area contributed by atoms with Gasteiger partial charge in [0.25, 0.3) is 0 Å². The number of hydrogen-bond acceptors (Lipinski definition) is 3. The van der Waals surface area contributed by atoms with Crippen molar-refractivity contribution in [2.75, 3.05) is 25.1 Å². The zero-order valence-electron chi connectivity index (χ0n) is 10.0. The molecule has 1 amide bonds. The van der Waals surface area contributed by atoms with Crippen LogP contribution in [-0.4, -0.2) is 25.7 Å². The van der Waals surface area contributed by atoms with Crippen molar-refractivity contribution >= 4 is 11.6 Å². The van der Waals surface area contributed by atoms with Crippen LogP contribution in [0, 0.1) is 5.41 Å². The third-order valence-corrected chi connectivity index (χ3v) is 2.95. The number of nitrogens with one attached hydrogen (secondary N) is 1. The van der Waals surface area contributed by atoms with Crippen molar-refractivity contribution < 1.29 is 9.53 Å². The normalized spacial score (nSPS) is 17.2. The van der Waals surface area contributed by atoms with Gasteiger partial charge in [0.15, 0.2) is 0 Å². The Morgan fingerprint density at radius 2 is 2.06 bits per heavy atom. The number of anilines is 1. The highest BCUT2D eigenvalue weighted by molar-refractivity contribution is 5.76. The summed E-state index contributed by atoms with van der Waals surface area (Å²) in [7, 11) is 0. The first-order valence-corrected chi connectivity index (χ1v) is 5.76. The van der Waals surface area contributed by atoms with Gasteiger partial charge in [0.05, 0.1) is 19.6 Å². The lowest BCUT2D eigenvalue weighted by atomic mass is 9.88. The van der Waals surface area contributed by atoms with Gasteiger partial charge in [0.1, 0.15) is 0 Å². The molecule has 2 rings (SSSR count). The maximum absolute atomic E-state index is 10.7. The van der Waals surface area contributed by atoms with Gasteiger partial charge in [-0.05, 0) is 17.7 Å². The molecule has 1 heterocycles. The molecule has 0 aliphatic carbocycles. The van der Waals surface area contributed by atoms with E-state index >= 15 is 0 Å². The fourth-order valence-corrected chi connectivity index (χ4v) is 1.81. The molecule has 0 saturated carbocycles. The van der Waals surface area contributed by atoms with Gasteiger partial charge in [-0.25, -0.2) is 0 Å². The van der Waals surface area contributed by atoms with E-state index < -0.39 is 0 Å². The van der Waals surface area contributed by atoms with Gasteiger partial charge >= 0.3 is 0 Å². The number of ether oxygens (including phenoxy) is 1. The lowest BCUT2D eigenvalue weighted by Crippen LogP contribution is -2.45. The van der Waals surface area contributed by atoms with Crippen LogP contribution in [0.1, 0.15) is 12.5 Å². The van der Waals surface area contributed by atoms with E-state index in [1.807, 2.05) is 24.3 Å². The molecule has 0 radical (unpaired) electrons. The molecule has 0 atom stereocenters. The second-order valence-corrected chi connectivity index (χ2v) is 5.00. The Morgan fingerprint density at radius 1 is 1.41 bits per heavy atom. The van der Waals surface area contributed by atoms with E-state index in [-0.39, 0.29) is 11.3 Å². The molecule has 1 aromatic rings. The van der Waals surface area contributed by atoms with Gasteiger partial charge in [0, 0.05) is 17.6 Å². The average molecular weight is 234 g/mol. The number of carbonyl (C=O) groups excluding carboxylic acids is 1. The first-order valence-electron chi connectivity index (χ1n) is 5.76. The summed E-state index contributed by atoms with van der Waals surface area (Å²) in [6, 6.07) is 7.79. The quantitative estimate of drug-likeness (QED) is 0.803. The van der Waals surface area contributed by atoms with Crippen molar-refractivity contribution in [3.8, 4) is 0 Å². The summed E-state index contributed by atoms with van der Waals surface area (Å²) >= 11 is 0. The highest BCUT2D eigenvalue weighted by Crippen LogP contribution is 2.26. The average Bonchev–Trinajstić information content (AvgIpc) is 2.25. The Labute approximate surface area is 101 Å². The standard InChI is InChI=1S/C13H18N2O2/c1-13(8-17-9-13)7-15-11-4-2-10(3-5-11)6-12(14)16/h2-5,15H,6-9H2,1H3,(H2,14,16). The van der Waals surface area contributed by atoms with Crippen LogP contribution in [0.2, 0.25) is 0 Å². The summed E-state index contributed by atoms with van der Waals surface area (Å²) in [6.45, 7) is 4.74. The highest BCUT2D eigenvalue weighted by atomic mass is 16.5. The number of nitrogens with two attached hydrogens (primary N) is 1. The SMILES string of the molecule is CC1(CNc2ccc(CC(N)=O)cc2)COC1. The molecule has 1 aromatic carbocycles. The minimum absolute atomic E-state index is 0.256. The molecule has 4 nitrogen and oxygen atoms in total. The predicted molar refractivity (Wildman–Crippen MR) is 66.8 cm³/mol. The largest absolute Gasteiger partial charge is 0.384 e. The third kappa shape index (κ3) is 3.20. The van der Waals surface area contributed by atoms with E-state index in [4.69, 9.17) is 10.5 Å². The minimum Gasteiger partial charge on any atom is -0.384 e. The van der Waals surface area contributed by atoms with E-state index in [1.54, 1.807) is 0 Å². The van der Waals surface area contributed by atoms with Crippen LogP contribution < -0.4 is 11.1 Å². The van der Waals surface area contributed by atoms with Crippen molar-refractivity contribution in [2.45, 2.75) is 13.3 Å². The fourth-order valence-electron chi connectivity index (χ4n) is 1.81. The Bertz CT molecular complexity index is 396. The Kier molecular flexibility index (Phi) is 3.33. The van der Waals surface area contributed by atoms with Crippen molar-refractivity contribution in [3.63, 3.8) is 0 Å². The van der Waals surface area contributed by atoms with Crippen LogP contribution in [0.5, 0.6) is 0 Å². The van der Waals surface area contributed by atoms with E-state index in [0.29, 0.717) is 6.42 Å². The first-order chi connectivity index (χ1) is 8.07. The summed E-state index contributed by atoms with van der Waals surface area (Å²) in [5.41, 5.74) is 7.40. The molecule has 0 bridgehead atoms. The molecule has 1 saturated heterocycles. The van der Waals surface area contributed by atoms with Crippen LogP contribution in [0.15, 0.2) is 24.3 Å². The maximum Gasteiger partial charge on any atom is 0.221 e. The second-order valence-electron chi connectivity index (χ2n) is 5.00. The molecular weight excluding hydrogens is 216 g/mol. The lowest BCUT2D eigenvalue weighted by molar-refractivity contribution is -0.117. The van der Waals surface area contributed by atoms with E-state index in [0.717, 1.165) is 31.0 Å². The summed E-state index contributed by atoms with van der Waals surface area (Å²) in [5, 5.41) is 3.37. The zero-order chi connectivity index (χ0) is 12.3. The monoisotopic (exact) mass is 234 g/mol. The predicted octanol–water partition coefficient (Wildman–Crippen LogP) is 1.16. The molecule has 92 valence electrons. The molecule has 4 heteroatoms. The molecule has 0 unspecified atom stereocenters. The van der Waals surface area contributed by atoms with Gasteiger partial charge in [-0.2, -0.15) is 0 Å². The Hall–Kier alpha value is -1.55. The topological polar surface area (TPSA) is 64.3 Å². The highest BCUT2D eigenvalue weighted by Gasteiger charge is 2.32. The molecule has 1 fully saturated rings. The molecule has 0 aromatic heterocycles. The van der Waals surface area contributed by atoms with Crippen molar-refractivity contribution in [1.29, 1.82) is 0 Å². The van der Waals surface area contributed by atoms with E-state index in [9.17, 15) is 4.79 Å². The molecule has 0 spiro atoms. The molecule has 1 aliphatic rings. The van der Waals surface area contributed by atoms with Gasteiger partial charge in [-0.15, -0.1) is 0 Å². The van der Waals surface area contributed by atoms with Gasteiger partial charge < -0.3 is 15.8 Å². The van der Waals surface area contributed by atoms with Crippen LogP contribution >= 0.6 is 0 Å². The van der Waals surface area contributed by atoms with Crippen LogP contribution in [0.3, 0.4) is 0 Å². The summed E-state index contributed by atoms with van der Waals surface area (Å²) in [6.07, 6.45) is 0.297. The fraction of sp³-hybridized carbons (Fsp3) is 0.462. The second kappa shape index (κ2) is 4.75. The molecule has 17 heavy (non-hydrogen) atoms. The van der Waals surface area contributed by atoms with Gasteiger partial charge in [-0.1, -0.05) is 19.1 Å². The number of rotatable bonds is 5. The first kappa shape index (κ1) is 11.9. The summed E-state index contributed by atoms with van der Waals surface area (Å²) in [5.74, 6) is -0.301. The van der Waals surface area contributed by atoms with E-state index in [2.05, 4.69) is 12.2 Å². The number of primary amides is 1. The van der Waals surface area contributed by atoms with E-state index in [1.165, 1.54) is 0 Å². The smallest absolute Gasteiger partial charge is 0.221 e. The third-order valence-electron chi connectivity index (χ3n) is 2.95. The maximum atomic E-state index is 10.7. The van der Waals surface area contributed by atoms with Crippen molar-refractivity contribution in [2.24, 2.45) is 11.1 Å². The molecule has 1 aliphatic heterocycles. The zero-order valence-corrected chi connectivity index (χ0v) is 10.0. The summed E-state index contributed by atoms with van der Waals surface area (Å²) < 4.78 is 5.20. The Morgan fingerprint density at radius 3 is 2.53 bits per heavy atom. The Balaban J connectivity index is 1.87. The minimum atomic E-state index is -0.301.